The molecule has 0 aliphatic carbocycles. The predicted octanol–water partition coefficient (Wildman–Crippen LogP) is -0.539. The molecule has 1 rings (SSSR count). The van der Waals surface area contributed by atoms with Crippen LogP contribution in [0.15, 0.2) is 10.2 Å². The fourth-order valence-corrected chi connectivity index (χ4v) is 1.88. The second-order valence-electron chi connectivity index (χ2n) is 4.28. The third-order valence-electron chi connectivity index (χ3n) is 2.17. The van der Waals surface area contributed by atoms with Crippen LogP contribution in [0.5, 0.6) is 0 Å². The summed E-state index contributed by atoms with van der Waals surface area (Å²) in [7, 11) is 0. The summed E-state index contributed by atoms with van der Waals surface area (Å²) in [4.78, 5) is 35.0. The topological polar surface area (TPSA) is 132 Å². The molecule has 0 saturated heterocycles. The molecule has 5 N–H and O–H groups in total. The quantitative estimate of drug-likeness (QED) is 0.480. The molecule has 8 nitrogen and oxygen atoms in total. The number of carbonyl (C=O) groups excluding carboxylic acids is 1. The van der Waals surface area contributed by atoms with Crippen molar-refractivity contribution in [1.29, 1.82) is 0 Å². The van der Waals surface area contributed by atoms with E-state index >= 15 is 0 Å². The van der Waals surface area contributed by atoms with E-state index in [2.05, 4.69) is 15.6 Å². The Morgan fingerprint density at radius 3 is 2.68 bits per heavy atom. The van der Waals surface area contributed by atoms with Crippen LogP contribution < -0.4 is 15.5 Å². The van der Waals surface area contributed by atoms with Gasteiger partial charge in [-0.3, -0.25) is 9.59 Å². The number of carbonyl (C=O) groups is 2. The molecule has 19 heavy (non-hydrogen) atoms. The van der Waals surface area contributed by atoms with Crippen molar-refractivity contribution in [2.45, 2.75) is 25.5 Å². The molecule has 0 spiro atoms. The lowest BCUT2D eigenvalue weighted by atomic mass is 10.0. The summed E-state index contributed by atoms with van der Waals surface area (Å²) >= 11 is 0.992. The van der Waals surface area contributed by atoms with Crippen molar-refractivity contribution in [3.05, 3.63) is 20.7 Å². The zero-order valence-corrected chi connectivity index (χ0v) is 11.0. The number of hydrogen-bond acceptors (Lipinski definition) is 5. The van der Waals surface area contributed by atoms with E-state index in [1.165, 1.54) is 6.92 Å². The summed E-state index contributed by atoms with van der Waals surface area (Å²) in [5.41, 5.74) is -0.942. The van der Waals surface area contributed by atoms with Crippen LogP contribution in [0.3, 0.4) is 0 Å². The SMILES string of the molecule is CC(O)(CNC(=O)NCc1csc(=O)[nH]1)CC(=O)O. The second kappa shape index (κ2) is 6.34. The van der Waals surface area contributed by atoms with Crippen LogP contribution in [-0.2, 0) is 11.3 Å². The monoisotopic (exact) mass is 289 g/mol. The molecule has 1 unspecified atom stereocenters. The summed E-state index contributed by atoms with van der Waals surface area (Å²) in [6.07, 6.45) is -0.467. The summed E-state index contributed by atoms with van der Waals surface area (Å²) in [6, 6.07) is -0.558. The molecule has 0 bridgehead atoms. The maximum atomic E-state index is 11.4. The molecule has 9 heteroatoms. The van der Waals surface area contributed by atoms with Gasteiger partial charge in [0.2, 0.25) is 0 Å². The van der Waals surface area contributed by atoms with Gasteiger partial charge in [0.15, 0.2) is 0 Å². The number of nitrogens with one attached hydrogen (secondary N) is 3. The molecule has 0 aliphatic rings. The number of aliphatic hydroxyl groups is 1. The van der Waals surface area contributed by atoms with Gasteiger partial charge >= 0.3 is 16.9 Å². The van der Waals surface area contributed by atoms with E-state index in [9.17, 15) is 19.5 Å². The van der Waals surface area contributed by atoms with Gasteiger partial charge < -0.3 is 25.8 Å². The fourth-order valence-electron chi connectivity index (χ4n) is 1.30. The molecule has 0 saturated carbocycles. The van der Waals surface area contributed by atoms with Gasteiger partial charge in [-0.05, 0) is 6.92 Å². The highest BCUT2D eigenvalue weighted by molar-refractivity contribution is 7.07. The van der Waals surface area contributed by atoms with Crippen LogP contribution in [0.25, 0.3) is 0 Å². The fraction of sp³-hybridized carbons (Fsp3) is 0.500. The van der Waals surface area contributed by atoms with Crippen molar-refractivity contribution >= 4 is 23.3 Å². The first kappa shape index (κ1) is 15.2. The Balaban J connectivity index is 2.31. The smallest absolute Gasteiger partial charge is 0.315 e. The standard InChI is InChI=1S/C10H15N3O5S/c1-10(18,2-7(14)15)5-12-8(16)11-3-6-4-19-9(17)13-6/h4,18H,2-3,5H2,1H3,(H,13,17)(H,14,15)(H2,11,12,16). The van der Waals surface area contributed by atoms with Crippen LogP contribution in [0.1, 0.15) is 19.0 Å². The Labute approximate surface area is 112 Å². The lowest BCUT2D eigenvalue weighted by Crippen LogP contribution is -2.45. The molecular formula is C10H15N3O5S. The van der Waals surface area contributed by atoms with Crippen molar-refractivity contribution < 1.29 is 19.8 Å². The van der Waals surface area contributed by atoms with Gasteiger partial charge in [0.25, 0.3) is 0 Å². The lowest BCUT2D eigenvalue weighted by molar-refractivity contribution is -0.141. The van der Waals surface area contributed by atoms with Crippen LogP contribution in [-0.4, -0.2) is 39.3 Å². The third kappa shape index (κ3) is 6.02. The molecule has 2 amide bonds. The van der Waals surface area contributed by atoms with E-state index in [4.69, 9.17) is 5.11 Å². The third-order valence-corrected chi connectivity index (χ3v) is 2.89. The van der Waals surface area contributed by atoms with Gasteiger partial charge in [-0.2, -0.15) is 0 Å². The number of aromatic nitrogens is 1. The van der Waals surface area contributed by atoms with E-state index in [0.717, 1.165) is 11.3 Å². The molecular weight excluding hydrogens is 274 g/mol. The summed E-state index contributed by atoms with van der Waals surface area (Å²) in [6.45, 7) is 1.27. The van der Waals surface area contributed by atoms with Gasteiger partial charge in [-0.15, -0.1) is 0 Å². The van der Waals surface area contributed by atoms with Crippen LogP contribution in [0.4, 0.5) is 4.79 Å². The molecule has 1 atom stereocenters. The minimum atomic E-state index is -1.51. The Morgan fingerprint density at radius 1 is 1.47 bits per heavy atom. The Kier molecular flexibility index (Phi) is 5.07. The maximum absolute atomic E-state index is 11.4. The highest BCUT2D eigenvalue weighted by Crippen LogP contribution is 2.07. The van der Waals surface area contributed by atoms with E-state index < -0.39 is 24.0 Å². The van der Waals surface area contributed by atoms with Crippen molar-refractivity contribution in [3.63, 3.8) is 0 Å². The minimum Gasteiger partial charge on any atom is -0.481 e. The van der Waals surface area contributed by atoms with Crippen molar-refractivity contribution in [2.75, 3.05) is 6.54 Å². The number of urea groups is 1. The normalized spacial score (nSPS) is 13.6. The first-order valence-electron chi connectivity index (χ1n) is 5.41. The number of H-pyrrole nitrogens is 1. The average molecular weight is 289 g/mol. The molecule has 106 valence electrons. The number of carboxylic acids is 1. The maximum Gasteiger partial charge on any atom is 0.315 e. The highest BCUT2D eigenvalue weighted by Gasteiger charge is 2.24. The molecule has 1 aromatic rings. The van der Waals surface area contributed by atoms with E-state index in [0.29, 0.717) is 5.69 Å². The summed E-state index contributed by atoms with van der Waals surface area (Å²) < 4.78 is 0. The van der Waals surface area contributed by atoms with Crippen LogP contribution in [0.2, 0.25) is 0 Å². The lowest BCUT2D eigenvalue weighted by Gasteiger charge is -2.21. The highest BCUT2D eigenvalue weighted by atomic mass is 32.1. The zero-order valence-electron chi connectivity index (χ0n) is 10.2. The van der Waals surface area contributed by atoms with Crippen LogP contribution >= 0.6 is 11.3 Å². The van der Waals surface area contributed by atoms with Gasteiger partial charge in [-0.1, -0.05) is 11.3 Å². The molecule has 0 radical (unpaired) electrons. The van der Waals surface area contributed by atoms with E-state index in [-0.39, 0.29) is 18.0 Å². The molecule has 0 aliphatic heterocycles. The Morgan fingerprint density at radius 2 is 2.16 bits per heavy atom. The number of amides is 2. The van der Waals surface area contributed by atoms with Crippen molar-refractivity contribution in [1.82, 2.24) is 15.6 Å². The number of rotatable bonds is 6. The number of aromatic amines is 1. The number of aliphatic carboxylic acids is 1. The summed E-state index contributed by atoms with van der Waals surface area (Å²) in [5, 5.41) is 24.6. The average Bonchev–Trinajstić information content (AvgIpc) is 2.68. The van der Waals surface area contributed by atoms with Gasteiger partial charge in [0, 0.05) is 17.6 Å². The van der Waals surface area contributed by atoms with E-state index in [1.807, 2.05) is 0 Å². The van der Waals surface area contributed by atoms with Gasteiger partial charge in [-0.25, -0.2) is 4.79 Å². The summed E-state index contributed by atoms with van der Waals surface area (Å²) in [5.74, 6) is -1.15. The van der Waals surface area contributed by atoms with E-state index in [1.54, 1.807) is 5.38 Å². The zero-order chi connectivity index (χ0) is 14.5. The van der Waals surface area contributed by atoms with Crippen LogP contribution in [0, 0.1) is 0 Å². The molecule has 1 heterocycles. The largest absolute Gasteiger partial charge is 0.481 e. The molecule has 0 fully saturated rings. The molecule has 1 aromatic heterocycles. The van der Waals surface area contributed by atoms with Gasteiger partial charge in [0.05, 0.1) is 18.6 Å². The number of carboxylic acid groups (broad SMARTS) is 1. The first-order valence-corrected chi connectivity index (χ1v) is 6.29. The predicted molar refractivity (Wildman–Crippen MR) is 68.1 cm³/mol. The Bertz CT molecular complexity index is 507. The minimum absolute atomic E-state index is 0.144. The van der Waals surface area contributed by atoms with Crippen molar-refractivity contribution in [2.24, 2.45) is 0 Å². The van der Waals surface area contributed by atoms with Gasteiger partial charge in [0.1, 0.15) is 0 Å². The molecule has 0 aromatic carbocycles. The number of thiazole rings is 1. The van der Waals surface area contributed by atoms with Crippen molar-refractivity contribution in [3.8, 4) is 0 Å². The Hall–Kier alpha value is -1.87. The first-order chi connectivity index (χ1) is 8.78. The number of hydrogen-bond donors (Lipinski definition) is 5. The second-order valence-corrected chi connectivity index (χ2v) is 5.12.